The summed E-state index contributed by atoms with van der Waals surface area (Å²) in [5.74, 6) is -4.28. The van der Waals surface area contributed by atoms with Crippen molar-refractivity contribution in [2.24, 2.45) is 5.73 Å². The van der Waals surface area contributed by atoms with Crippen LogP contribution < -0.4 is 5.73 Å². The highest BCUT2D eigenvalue weighted by atomic mass is 19.2. The molecule has 1 amide bonds. The molecule has 1 fully saturated rings. The topological polar surface area (TPSA) is 52.3 Å². The monoisotopic (exact) mass is 165 g/mol. The molecule has 2 N–H and O–H groups in total. The molecule has 64 valence electrons. The maximum Gasteiger partial charge on any atom is 0.319 e. The molecular weight excluding hydrogens is 156 g/mol. The molecule has 1 heterocycles. The van der Waals surface area contributed by atoms with Crippen LogP contribution in [-0.2, 0) is 9.53 Å². The summed E-state index contributed by atoms with van der Waals surface area (Å²) in [6, 6.07) is 0. The number of carbonyl (C=O) groups excluding carboxylic acids is 1. The lowest BCUT2D eigenvalue weighted by Gasteiger charge is -2.29. The van der Waals surface area contributed by atoms with E-state index in [2.05, 4.69) is 10.5 Å². The van der Waals surface area contributed by atoms with Crippen molar-refractivity contribution in [2.45, 2.75) is 24.9 Å². The average Bonchev–Trinajstić information content (AvgIpc) is 1.95. The first kappa shape index (κ1) is 8.39. The molecule has 1 saturated heterocycles. The fourth-order valence-corrected chi connectivity index (χ4v) is 0.985. The Morgan fingerprint density at radius 3 is 2.73 bits per heavy atom. The third-order valence-corrected chi connectivity index (χ3v) is 1.65. The summed E-state index contributed by atoms with van der Waals surface area (Å²) in [7, 11) is 0. The van der Waals surface area contributed by atoms with Gasteiger partial charge in [-0.3, -0.25) is 4.79 Å². The fourth-order valence-electron chi connectivity index (χ4n) is 0.985. The molecule has 0 aromatic rings. The zero-order valence-electron chi connectivity index (χ0n) is 5.85. The van der Waals surface area contributed by atoms with Gasteiger partial charge in [0.2, 0.25) is 0 Å². The van der Waals surface area contributed by atoms with Crippen molar-refractivity contribution in [3.05, 3.63) is 0 Å². The molecule has 1 rings (SSSR count). The summed E-state index contributed by atoms with van der Waals surface area (Å²) in [5.41, 5.74) is 4.61. The molecule has 0 aromatic heterocycles. The van der Waals surface area contributed by atoms with Crippen molar-refractivity contribution >= 4 is 5.91 Å². The van der Waals surface area contributed by atoms with E-state index in [1.54, 1.807) is 0 Å². The van der Waals surface area contributed by atoms with Crippen LogP contribution in [-0.4, -0.2) is 24.5 Å². The standard InChI is InChI=1S/C6H9F2NO2/c7-4-2-1-3-11-6(4,8)5(9)10/h4H,1-3H2,(H2,9,10). The molecule has 5 heteroatoms. The van der Waals surface area contributed by atoms with Crippen molar-refractivity contribution in [2.75, 3.05) is 6.61 Å². The molecule has 1 aliphatic heterocycles. The highest BCUT2D eigenvalue weighted by Gasteiger charge is 2.49. The smallest absolute Gasteiger partial charge is 0.319 e. The van der Waals surface area contributed by atoms with E-state index >= 15 is 0 Å². The van der Waals surface area contributed by atoms with Crippen LogP contribution in [0.5, 0.6) is 0 Å². The lowest BCUT2D eigenvalue weighted by atomic mass is 10.0. The van der Waals surface area contributed by atoms with Crippen LogP contribution in [0.3, 0.4) is 0 Å². The van der Waals surface area contributed by atoms with Gasteiger partial charge in [-0.2, -0.15) is 4.39 Å². The SMILES string of the molecule is NC(=O)C1(F)OCCCC1F. The Morgan fingerprint density at radius 2 is 2.36 bits per heavy atom. The predicted octanol–water partition coefficient (Wildman–Crippen LogP) is 0.286. The third kappa shape index (κ3) is 1.33. The van der Waals surface area contributed by atoms with Gasteiger partial charge in [0, 0.05) is 0 Å². The van der Waals surface area contributed by atoms with Crippen molar-refractivity contribution in [1.29, 1.82) is 0 Å². The van der Waals surface area contributed by atoms with Gasteiger partial charge in [0.25, 0.3) is 5.91 Å². The van der Waals surface area contributed by atoms with Gasteiger partial charge in [-0.1, -0.05) is 0 Å². The normalized spacial score (nSPS) is 38.5. The minimum atomic E-state index is -2.89. The summed E-state index contributed by atoms with van der Waals surface area (Å²) >= 11 is 0. The van der Waals surface area contributed by atoms with E-state index in [0.717, 1.165) is 0 Å². The van der Waals surface area contributed by atoms with Gasteiger partial charge >= 0.3 is 5.85 Å². The Bertz CT molecular complexity index is 176. The van der Waals surface area contributed by atoms with E-state index in [1.807, 2.05) is 0 Å². The Hall–Kier alpha value is -0.710. The van der Waals surface area contributed by atoms with E-state index in [4.69, 9.17) is 0 Å². The van der Waals surface area contributed by atoms with Crippen LogP contribution in [0.2, 0.25) is 0 Å². The van der Waals surface area contributed by atoms with Gasteiger partial charge in [-0.15, -0.1) is 0 Å². The molecule has 2 atom stereocenters. The highest BCUT2D eigenvalue weighted by Crippen LogP contribution is 2.28. The number of carbonyl (C=O) groups is 1. The number of hydrogen-bond acceptors (Lipinski definition) is 2. The number of rotatable bonds is 1. The molecule has 0 saturated carbocycles. The molecule has 1 aliphatic rings. The van der Waals surface area contributed by atoms with Crippen LogP contribution in [0.25, 0.3) is 0 Å². The minimum absolute atomic E-state index is 0.0144. The predicted molar refractivity (Wildman–Crippen MR) is 33.1 cm³/mol. The Labute approximate surface area is 62.5 Å². The van der Waals surface area contributed by atoms with E-state index in [-0.39, 0.29) is 13.0 Å². The quantitative estimate of drug-likeness (QED) is 0.607. The van der Waals surface area contributed by atoms with Gasteiger partial charge in [-0.25, -0.2) is 4.39 Å². The van der Waals surface area contributed by atoms with Crippen LogP contribution >= 0.6 is 0 Å². The van der Waals surface area contributed by atoms with Gasteiger partial charge in [0.05, 0.1) is 6.61 Å². The third-order valence-electron chi connectivity index (χ3n) is 1.65. The molecule has 2 unspecified atom stereocenters. The Morgan fingerprint density at radius 1 is 1.73 bits per heavy atom. The summed E-state index contributed by atoms with van der Waals surface area (Å²) < 4.78 is 30.0. The first-order valence-electron chi connectivity index (χ1n) is 3.34. The Balaban J connectivity index is 2.72. The lowest BCUT2D eigenvalue weighted by Crippen LogP contribution is -2.52. The number of nitrogens with two attached hydrogens (primary N) is 1. The van der Waals surface area contributed by atoms with Crippen molar-refractivity contribution < 1.29 is 18.3 Å². The largest absolute Gasteiger partial charge is 0.365 e. The molecule has 3 nitrogen and oxygen atoms in total. The number of halogens is 2. The first-order chi connectivity index (χ1) is 5.07. The van der Waals surface area contributed by atoms with E-state index in [1.165, 1.54) is 0 Å². The molecule has 0 aromatic carbocycles. The second kappa shape index (κ2) is 2.73. The molecule has 0 radical (unpaired) electrons. The van der Waals surface area contributed by atoms with Crippen molar-refractivity contribution in [3.8, 4) is 0 Å². The fraction of sp³-hybridized carbons (Fsp3) is 0.833. The van der Waals surface area contributed by atoms with Crippen LogP contribution in [0.4, 0.5) is 8.78 Å². The van der Waals surface area contributed by atoms with Crippen molar-refractivity contribution in [3.63, 3.8) is 0 Å². The van der Waals surface area contributed by atoms with E-state index < -0.39 is 17.9 Å². The maximum atomic E-state index is 13.0. The molecule has 0 spiro atoms. The Kier molecular flexibility index (Phi) is 2.08. The number of primary amides is 1. The van der Waals surface area contributed by atoms with Crippen LogP contribution in [0.15, 0.2) is 0 Å². The second-order valence-corrected chi connectivity index (χ2v) is 2.47. The zero-order valence-corrected chi connectivity index (χ0v) is 5.85. The lowest BCUT2D eigenvalue weighted by molar-refractivity contribution is -0.209. The average molecular weight is 165 g/mol. The van der Waals surface area contributed by atoms with E-state index in [9.17, 15) is 13.6 Å². The van der Waals surface area contributed by atoms with Gasteiger partial charge < -0.3 is 10.5 Å². The number of hydrogen-bond donors (Lipinski definition) is 1. The van der Waals surface area contributed by atoms with Crippen LogP contribution in [0.1, 0.15) is 12.8 Å². The molecule has 0 bridgehead atoms. The summed E-state index contributed by atoms with van der Waals surface area (Å²) in [4.78, 5) is 10.4. The number of alkyl halides is 2. The maximum absolute atomic E-state index is 13.0. The molecule has 11 heavy (non-hydrogen) atoms. The van der Waals surface area contributed by atoms with Gasteiger partial charge in [0.1, 0.15) is 0 Å². The minimum Gasteiger partial charge on any atom is -0.365 e. The van der Waals surface area contributed by atoms with Crippen LogP contribution in [0, 0.1) is 0 Å². The molecule has 0 aliphatic carbocycles. The summed E-state index contributed by atoms with van der Waals surface area (Å²) in [6.45, 7) is 0.0415. The second-order valence-electron chi connectivity index (χ2n) is 2.47. The van der Waals surface area contributed by atoms with E-state index in [0.29, 0.717) is 6.42 Å². The zero-order chi connectivity index (χ0) is 8.48. The number of ether oxygens (including phenoxy) is 1. The molecular formula is C6H9F2NO2. The summed E-state index contributed by atoms with van der Waals surface area (Å²) in [6.07, 6.45) is -1.52. The highest BCUT2D eigenvalue weighted by molar-refractivity contribution is 5.82. The van der Waals surface area contributed by atoms with Gasteiger partial charge in [-0.05, 0) is 12.8 Å². The first-order valence-corrected chi connectivity index (χ1v) is 3.34. The number of amides is 1. The summed E-state index contributed by atoms with van der Waals surface area (Å²) in [5, 5.41) is 0. The van der Waals surface area contributed by atoms with Crippen molar-refractivity contribution in [1.82, 2.24) is 0 Å². The van der Waals surface area contributed by atoms with Gasteiger partial charge in [0.15, 0.2) is 6.17 Å².